The summed E-state index contributed by atoms with van der Waals surface area (Å²) in [5.41, 5.74) is 2.85. The lowest BCUT2D eigenvalue weighted by Crippen LogP contribution is -2.42. The van der Waals surface area contributed by atoms with Crippen LogP contribution in [0, 0.1) is 12.3 Å². The molecule has 1 heterocycles. The number of nitrogens with zero attached hydrogens (tertiary/aromatic N) is 1. The van der Waals surface area contributed by atoms with Gasteiger partial charge in [0, 0.05) is 41.9 Å². The molecule has 0 spiro atoms. The second kappa shape index (κ2) is 6.41. The van der Waals surface area contributed by atoms with Crippen LogP contribution in [0.1, 0.15) is 28.4 Å². The lowest BCUT2D eigenvalue weighted by atomic mass is 9.98. The SMILES string of the molecule is Cc1cc(CNC(=O)C[n+]2ccccc2)c(O)c2c1CC(=N)C2O. The summed E-state index contributed by atoms with van der Waals surface area (Å²) in [6.07, 6.45) is 2.90. The van der Waals surface area contributed by atoms with Gasteiger partial charge in [0.1, 0.15) is 11.9 Å². The van der Waals surface area contributed by atoms with Crippen molar-refractivity contribution in [2.75, 3.05) is 0 Å². The molecule has 3 rings (SSSR count). The predicted octanol–water partition coefficient (Wildman–Crippen LogP) is 0.914. The summed E-state index contributed by atoms with van der Waals surface area (Å²) in [6, 6.07) is 7.37. The van der Waals surface area contributed by atoms with Crippen LogP contribution in [0.4, 0.5) is 0 Å². The molecule has 124 valence electrons. The molecule has 0 radical (unpaired) electrons. The van der Waals surface area contributed by atoms with E-state index in [1.54, 1.807) is 23.0 Å². The van der Waals surface area contributed by atoms with Gasteiger partial charge in [-0.1, -0.05) is 12.1 Å². The fraction of sp³-hybridized carbons (Fsp3) is 0.278. The van der Waals surface area contributed by atoms with Crippen molar-refractivity contribution in [1.82, 2.24) is 5.32 Å². The molecule has 1 aliphatic carbocycles. The molecule has 1 atom stereocenters. The van der Waals surface area contributed by atoms with Gasteiger partial charge in [0.2, 0.25) is 6.54 Å². The minimum Gasteiger partial charge on any atom is -0.507 e. The molecule has 1 amide bonds. The zero-order valence-electron chi connectivity index (χ0n) is 13.4. The van der Waals surface area contributed by atoms with Crippen LogP contribution in [0.25, 0.3) is 0 Å². The van der Waals surface area contributed by atoms with Gasteiger partial charge in [-0.2, -0.15) is 4.57 Å². The number of phenols is 1. The number of aliphatic hydroxyl groups is 1. The maximum absolute atomic E-state index is 12.0. The molecule has 0 fully saturated rings. The normalized spacial score (nSPS) is 16.1. The van der Waals surface area contributed by atoms with E-state index in [1.807, 2.05) is 25.1 Å². The van der Waals surface area contributed by atoms with E-state index in [0.717, 1.165) is 11.1 Å². The molecule has 0 saturated heterocycles. The Morgan fingerprint density at radius 2 is 2.08 bits per heavy atom. The standard InChI is InChI=1S/C18H19N3O3/c1-11-7-12(17(23)16-13(11)8-14(19)18(16)24)9-20-15(22)10-21-5-3-2-4-6-21/h2-7,18-19,24H,8-10H2,1H3,(H-,20,22,23)/p+1. The fourth-order valence-electron chi connectivity index (χ4n) is 3.03. The summed E-state index contributed by atoms with van der Waals surface area (Å²) < 4.78 is 1.76. The van der Waals surface area contributed by atoms with Crippen molar-refractivity contribution in [3.8, 4) is 5.75 Å². The number of carbonyl (C=O) groups is 1. The van der Waals surface area contributed by atoms with Crippen LogP contribution in [0.15, 0.2) is 36.7 Å². The number of nitrogens with one attached hydrogen (secondary N) is 2. The van der Waals surface area contributed by atoms with Crippen LogP contribution in [0.2, 0.25) is 0 Å². The monoisotopic (exact) mass is 326 g/mol. The van der Waals surface area contributed by atoms with Crippen molar-refractivity contribution in [3.05, 3.63) is 58.9 Å². The number of carbonyl (C=O) groups excluding carboxylic acids is 1. The third-order valence-electron chi connectivity index (χ3n) is 4.30. The first kappa shape index (κ1) is 16.1. The minimum atomic E-state index is -1.06. The van der Waals surface area contributed by atoms with E-state index < -0.39 is 6.10 Å². The van der Waals surface area contributed by atoms with Gasteiger partial charge in [-0.05, 0) is 18.1 Å². The Morgan fingerprint density at radius 1 is 1.38 bits per heavy atom. The fourth-order valence-corrected chi connectivity index (χ4v) is 3.03. The first-order valence-corrected chi connectivity index (χ1v) is 7.77. The zero-order chi connectivity index (χ0) is 17.3. The van der Waals surface area contributed by atoms with Crippen molar-refractivity contribution < 1.29 is 19.6 Å². The minimum absolute atomic E-state index is 0.0296. The molecule has 4 N–H and O–H groups in total. The van der Waals surface area contributed by atoms with Crippen molar-refractivity contribution in [1.29, 1.82) is 5.41 Å². The summed E-state index contributed by atoms with van der Waals surface area (Å²) >= 11 is 0. The van der Waals surface area contributed by atoms with E-state index in [9.17, 15) is 15.0 Å². The predicted molar refractivity (Wildman–Crippen MR) is 87.7 cm³/mol. The number of aryl methyl sites for hydroxylation is 1. The Balaban J connectivity index is 1.74. The number of fused-ring (bicyclic) bond motifs is 1. The van der Waals surface area contributed by atoms with Gasteiger partial charge in [-0.3, -0.25) is 4.79 Å². The third-order valence-corrected chi connectivity index (χ3v) is 4.30. The van der Waals surface area contributed by atoms with E-state index in [4.69, 9.17) is 5.41 Å². The van der Waals surface area contributed by atoms with E-state index >= 15 is 0 Å². The Hall–Kier alpha value is -2.73. The van der Waals surface area contributed by atoms with E-state index in [2.05, 4.69) is 5.32 Å². The smallest absolute Gasteiger partial charge is 0.286 e. The maximum atomic E-state index is 12.0. The molecule has 6 nitrogen and oxygen atoms in total. The number of hydrogen-bond acceptors (Lipinski definition) is 4. The molecule has 0 aliphatic heterocycles. The number of aromatic hydroxyl groups is 1. The Kier molecular flexibility index (Phi) is 4.31. The van der Waals surface area contributed by atoms with Crippen LogP contribution in [0.5, 0.6) is 5.75 Å². The molecular formula is C18H20N3O3+. The second-order valence-corrected chi connectivity index (χ2v) is 6.02. The lowest BCUT2D eigenvalue weighted by molar-refractivity contribution is -0.684. The number of phenolic OH excluding ortho intramolecular Hbond substituents is 1. The topological polar surface area (TPSA) is 97.3 Å². The number of benzene rings is 1. The highest BCUT2D eigenvalue weighted by Crippen LogP contribution is 2.39. The molecule has 1 aromatic carbocycles. The zero-order valence-corrected chi connectivity index (χ0v) is 13.4. The molecule has 24 heavy (non-hydrogen) atoms. The summed E-state index contributed by atoms with van der Waals surface area (Å²) in [6.45, 7) is 2.25. The summed E-state index contributed by atoms with van der Waals surface area (Å²) in [5.74, 6) is -0.199. The van der Waals surface area contributed by atoms with Gasteiger partial charge in [0.05, 0.1) is 0 Å². The van der Waals surface area contributed by atoms with E-state index in [1.165, 1.54) is 0 Å². The number of pyridine rings is 1. The van der Waals surface area contributed by atoms with Crippen molar-refractivity contribution in [2.45, 2.75) is 32.5 Å². The molecule has 6 heteroatoms. The number of aliphatic hydroxyl groups excluding tert-OH is 1. The number of amides is 1. The molecule has 1 unspecified atom stereocenters. The van der Waals surface area contributed by atoms with Gasteiger partial charge in [0.25, 0.3) is 5.91 Å². The Labute approximate surface area is 139 Å². The van der Waals surface area contributed by atoms with Gasteiger partial charge in [0.15, 0.2) is 12.4 Å². The number of aromatic nitrogens is 1. The Bertz CT molecular complexity index is 803. The molecular weight excluding hydrogens is 306 g/mol. The highest BCUT2D eigenvalue weighted by Gasteiger charge is 2.31. The van der Waals surface area contributed by atoms with Crippen LogP contribution in [-0.2, 0) is 24.3 Å². The lowest BCUT2D eigenvalue weighted by Gasteiger charge is -2.14. The van der Waals surface area contributed by atoms with E-state index in [0.29, 0.717) is 17.5 Å². The van der Waals surface area contributed by atoms with Crippen LogP contribution in [0.3, 0.4) is 0 Å². The second-order valence-electron chi connectivity index (χ2n) is 6.02. The van der Waals surface area contributed by atoms with Crippen molar-refractivity contribution in [3.63, 3.8) is 0 Å². The molecule has 2 aromatic rings. The quantitative estimate of drug-likeness (QED) is 0.629. The molecule has 0 bridgehead atoms. The average Bonchev–Trinajstić information content (AvgIpc) is 2.87. The van der Waals surface area contributed by atoms with Crippen LogP contribution < -0.4 is 9.88 Å². The molecule has 1 aliphatic rings. The Morgan fingerprint density at radius 3 is 2.79 bits per heavy atom. The number of rotatable bonds is 4. The highest BCUT2D eigenvalue weighted by atomic mass is 16.3. The maximum Gasteiger partial charge on any atom is 0.286 e. The third kappa shape index (κ3) is 3.00. The van der Waals surface area contributed by atoms with Gasteiger partial charge in [-0.15, -0.1) is 0 Å². The van der Waals surface area contributed by atoms with Gasteiger partial charge < -0.3 is 20.9 Å². The first-order chi connectivity index (χ1) is 11.5. The summed E-state index contributed by atoms with van der Waals surface area (Å²) in [7, 11) is 0. The van der Waals surface area contributed by atoms with Crippen molar-refractivity contribution in [2.24, 2.45) is 0 Å². The summed E-state index contributed by atoms with van der Waals surface area (Å²) in [5, 5.41) is 31.0. The van der Waals surface area contributed by atoms with Gasteiger partial charge in [-0.25, -0.2) is 0 Å². The van der Waals surface area contributed by atoms with Crippen molar-refractivity contribution >= 4 is 11.6 Å². The first-order valence-electron chi connectivity index (χ1n) is 7.77. The number of hydrogen-bond donors (Lipinski definition) is 4. The average molecular weight is 326 g/mol. The largest absolute Gasteiger partial charge is 0.507 e. The summed E-state index contributed by atoms with van der Waals surface area (Å²) in [4.78, 5) is 12.0. The van der Waals surface area contributed by atoms with E-state index in [-0.39, 0.29) is 30.5 Å². The molecule has 0 saturated carbocycles. The van der Waals surface area contributed by atoms with Gasteiger partial charge >= 0.3 is 0 Å². The van der Waals surface area contributed by atoms with Crippen LogP contribution in [-0.4, -0.2) is 21.8 Å². The molecule has 1 aromatic heterocycles. The van der Waals surface area contributed by atoms with Crippen LogP contribution >= 0.6 is 0 Å². The highest BCUT2D eigenvalue weighted by molar-refractivity contribution is 5.95.